The van der Waals surface area contributed by atoms with Gasteiger partial charge in [0.1, 0.15) is 0 Å². The zero-order chi connectivity index (χ0) is 11.5. The van der Waals surface area contributed by atoms with Gasteiger partial charge in [0.2, 0.25) is 0 Å². The number of hydrogen-bond acceptors (Lipinski definition) is 4. The zero-order valence-electron chi connectivity index (χ0n) is 10.0. The standard InChI is InChI=1S/C11H20N4O/c1-8(9-3-4-9)15-11(5-6-16-2)10(7-12)13-14-15/h8-9H,3-7,12H2,1-2H3. The van der Waals surface area contributed by atoms with E-state index in [0.717, 1.165) is 23.7 Å². The molecule has 5 heteroatoms. The van der Waals surface area contributed by atoms with Crippen molar-refractivity contribution < 1.29 is 4.74 Å². The normalized spacial score (nSPS) is 17.7. The van der Waals surface area contributed by atoms with Crippen molar-refractivity contribution in [2.75, 3.05) is 13.7 Å². The third-order valence-electron chi connectivity index (χ3n) is 3.30. The van der Waals surface area contributed by atoms with Crippen LogP contribution in [0.3, 0.4) is 0 Å². The Morgan fingerprint density at radius 2 is 2.31 bits per heavy atom. The van der Waals surface area contributed by atoms with E-state index in [-0.39, 0.29) is 0 Å². The molecule has 16 heavy (non-hydrogen) atoms. The van der Waals surface area contributed by atoms with Crippen LogP contribution >= 0.6 is 0 Å². The molecule has 2 N–H and O–H groups in total. The van der Waals surface area contributed by atoms with E-state index in [0.29, 0.717) is 19.2 Å². The lowest BCUT2D eigenvalue weighted by Crippen LogP contribution is -2.15. The molecule has 1 aromatic rings. The first-order valence-corrected chi connectivity index (χ1v) is 5.89. The summed E-state index contributed by atoms with van der Waals surface area (Å²) < 4.78 is 7.16. The molecule has 1 aromatic heterocycles. The molecule has 0 spiro atoms. The Labute approximate surface area is 96.0 Å². The lowest BCUT2D eigenvalue weighted by atomic mass is 10.2. The summed E-state index contributed by atoms with van der Waals surface area (Å²) in [6.45, 7) is 3.36. The van der Waals surface area contributed by atoms with Crippen molar-refractivity contribution in [3.8, 4) is 0 Å². The smallest absolute Gasteiger partial charge is 0.0995 e. The van der Waals surface area contributed by atoms with Gasteiger partial charge in [-0.05, 0) is 25.7 Å². The molecular weight excluding hydrogens is 204 g/mol. The largest absolute Gasteiger partial charge is 0.384 e. The molecule has 0 saturated heterocycles. The molecule has 5 nitrogen and oxygen atoms in total. The van der Waals surface area contributed by atoms with Gasteiger partial charge in [-0.3, -0.25) is 0 Å². The van der Waals surface area contributed by atoms with Gasteiger partial charge < -0.3 is 10.5 Å². The van der Waals surface area contributed by atoms with E-state index in [2.05, 4.69) is 17.2 Å². The second kappa shape index (κ2) is 4.93. The van der Waals surface area contributed by atoms with E-state index in [9.17, 15) is 0 Å². The second-order valence-electron chi connectivity index (χ2n) is 4.45. The van der Waals surface area contributed by atoms with Crippen LogP contribution in [-0.4, -0.2) is 28.7 Å². The summed E-state index contributed by atoms with van der Waals surface area (Å²) in [7, 11) is 1.71. The molecule has 0 aliphatic heterocycles. The molecule has 1 aliphatic carbocycles. The molecule has 0 aromatic carbocycles. The van der Waals surface area contributed by atoms with Gasteiger partial charge in [-0.15, -0.1) is 5.10 Å². The highest BCUT2D eigenvalue weighted by Crippen LogP contribution is 2.39. The number of rotatable bonds is 6. The van der Waals surface area contributed by atoms with Crippen molar-refractivity contribution in [3.63, 3.8) is 0 Å². The summed E-state index contributed by atoms with van der Waals surface area (Å²) in [6.07, 6.45) is 3.46. The van der Waals surface area contributed by atoms with Crippen LogP contribution in [0.15, 0.2) is 0 Å². The van der Waals surface area contributed by atoms with Gasteiger partial charge in [-0.2, -0.15) is 0 Å². The fourth-order valence-electron chi connectivity index (χ4n) is 2.07. The number of aromatic nitrogens is 3. The number of methoxy groups -OCH3 is 1. The molecule has 0 radical (unpaired) electrons. The van der Waals surface area contributed by atoms with Crippen molar-refractivity contribution in [2.45, 2.75) is 38.8 Å². The zero-order valence-corrected chi connectivity index (χ0v) is 10.0. The molecule has 0 amide bonds. The van der Waals surface area contributed by atoms with Crippen LogP contribution in [0.2, 0.25) is 0 Å². The molecule has 1 heterocycles. The summed E-state index contributed by atoms with van der Waals surface area (Å²) in [5.74, 6) is 0.772. The van der Waals surface area contributed by atoms with Crippen molar-refractivity contribution >= 4 is 0 Å². The Bertz CT molecular complexity index is 346. The highest BCUT2D eigenvalue weighted by Gasteiger charge is 2.31. The van der Waals surface area contributed by atoms with Crippen LogP contribution in [0.5, 0.6) is 0 Å². The molecule has 1 aliphatic rings. The van der Waals surface area contributed by atoms with Crippen LogP contribution in [0, 0.1) is 5.92 Å². The highest BCUT2D eigenvalue weighted by molar-refractivity contribution is 5.11. The summed E-state index contributed by atoms with van der Waals surface area (Å²) in [4.78, 5) is 0. The highest BCUT2D eigenvalue weighted by atomic mass is 16.5. The number of ether oxygens (including phenoxy) is 1. The van der Waals surface area contributed by atoms with Gasteiger partial charge in [0.05, 0.1) is 24.0 Å². The Hall–Kier alpha value is -0.940. The van der Waals surface area contributed by atoms with Crippen molar-refractivity contribution in [2.24, 2.45) is 11.7 Å². The molecule has 1 saturated carbocycles. The lowest BCUT2D eigenvalue weighted by Gasteiger charge is -2.14. The van der Waals surface area contributed by atoms with E-state index in [1.807, 2.05) is 4.68 Å². The van der Waals surface area contributed by atoms with Crippen molar-refractivity contribution in [1.82, 2.24) is 15.0 Å². The first kappa shape index (κ1) is 11.5. The SMILES string of the molecule is COCCc1c(CN)nnn1C(C)C1CC1. The third-order valence-corrected chi connectivity index (χ3v) is 3.30. The topological polar surface area (TPSA) is 66.0 Å². The van der Waals surface area contributed by atoms with Gasteiger partial charge >= 0.3 is 0 Å². The Morgan fingerprint density at radius 1 is 1.56 bits per heavy atom. The third kappa shape index (κ3) is 2.25. The summed E-state index contributed by atoms with van der Waals surface area (Å²) in [5.41, 5.74) is 7.72. The van der Waals surface area contributed by atoms with Gasteiger partial charge in [-0.1, -0.05) is 5.21 Å². The predicted octanol–water partition coefficient (Wildman–Crippen LogP) is 0.897. The second-order valence-corrected chi connectivity index (χ2v) is 4.45. The van der Waals surface area contributed by atoms with Gasteiger partial charge in [0, 0.05) is 20.1 Å². The molecule has 2 rings (SSSR count). The van der Waals surface area contributed by atoms with Crippen molar-refractivity contribution in [3.05, 3.63) is 11.4 Å². The maximum Gasteiger partial charge on any atom is 0.0995 e. The van der Waals surface area contributed by atoms with Gasteiger partial charge in [-0.25, -0.2) is 4.68 Å². The van der Waals surface area contributed by atoms with Crippen molar-refractivity contribution in [1.29, 1.82) is 0 Å². The lowest BCUT2D eigenvalue weighted by molar-refractivity contribution is 0.199. The Kier molecular flexibility index (Phi) is 3.56. The van der Waals surface area contributed by atoms with Crippen LogP contribution in [0.4, 0.5) is 0 Å². The monoisotopic (exact) mass is 224 g/mol. The first-order chi connectivity index (χ1) is 7.77. The van der Waals surface area contributed by atoms with E-state index < -0.39 is 0 Å². The first-order valence-electron chi connectivity index (χ1n) is 5.89. The Balaban J connectivity index is 2.18. The molecule has 1 unspecified atom stereocenters. The van der Waals surface area contributed by atoms with E-state index >= 15 is 0 Å². The molecular formula is C11H20N4O. The van der Waals surface area contributed by atoms with E-state index in [1.54, 1.807) is 7.11 Å². The number of nitrogens with two attached hydrogens (primary N) is 1. The summed E-state index contributed by atoms with van der Waals surface area (Å²) >= 11 is 0. The average molecular weight is 224 g/mol. The summed E-state index contributed by atoms with van der Waals surface area (Å²) in [6, 6.07) is 0.444. The minimum absolute atomic E-state index is 0.444. The van der Waals surface area contributed by atoms with Gasteiger partial charge in [0.15, 0.2) is 0 Å². The number of nitrogens with zero attached hydrogens (tertiary/aromatic N) is 3. The van der Waals surface area contributed by atoms with E-state index in [4.69, 9.17) is 10.5 Å². The maximum atomic E-state index is 5.67. The molecule has 1 atom stereocenters. The summed E-state index contributed by atoms with van der Waals surface area (Å²) in [5, 5.41) is 8.38. The molecule has 0 bridgehead atoms. The fourth-order valence-corrected chi connectivity index (χ4v) is 2.07. The molecule has 1 fully saturated rings. The van der Waals surface area contributed by atoms with Crippen LogP contribution in [0.25, 0.3) is 0 Å². The van der Waals surface area contributed by atoms with Gasteiger partial charge in [0.25, 0.3) is 0 Å². The van der Waals surface area contributed by atoms with Crippen LogP contribution < -0.4 is 5.73 Å². The quantitative estimate of drug-likeness (QED) is 0.779. The number of hydrogen-bond donors (Lipinski definition) is 1. The fraction of sp³-hybridized carbons (Fsp3) is 0.818. The molecule has 90 valence electrons. The Morgan fingerprint density at radius 3 is 2.88 bits per heavy atom. The van der Waals surface area contributed by atoms with Crippen LogP contribution in [-0.2, 0) is 17.7 Å². The minimum Gasteiger partial charge on any atom is -0.384 e. The minimum atomic E-state index is 0.444. The maximum absolute atomic E-state index is 5.67. The average Bonchev–Trinajstić information content (AvgIpc) is 3.06. The predicted molar refractivity (Wildman–Crippen MR) is 60.9 cm³/mol. The van der Waals surface area contributed by atoms with E-state index in [1.165, 1.54) is 12.8 Å². The van der Waals surface area contributed by atoms with Crippen LogP contribution in [0.1, 0.15) is 37.2 Å².